The first-order valence-electron chi connectivity index (χ1n) is 15.5. The monoisotopic (exact) mass is 614 g/mol. The third kappa shape index (κ3) is 10.5. The Labute approximate surface area is 266 Å². The lowest BCUT2D eigenvalue weighted by Crippen LogP contribution is -2.42. The van der Waals surface area contributed by atoms with Gasteiger partial charge in [0.1, 0.15) is 24.7 Å². The number of ether oxygens (including phenoxy) is 3. The highest BCUT2D eigenvalue weighted by atomic mass is 28.4. The van der Waals surface area contributed by atoms with Crippen LogP contribution in [0.4, 0.5) is 0 Å². The molecule has 0 radical (unpaired) electrons. The molecule has 3 rings (SSSR count). The summed E-state index contributed by atoms with van der Waals surface area (Å²) in [6.07, 6.45) is 5.26. The van der Waals surface area contributed by atoms with Crippen molar-refractivity contribution in [3.8, 4) is 11.5 Å². The number of rotatable bonds is 17. The van der Waals surface area contributed by atoms with Gasteiger partial charge in [-0.1, -0.05) is 93.6 Å². The van der Waals surface area contributed by atoms with Gasteiger partial charge in [-0.2, -0.15) is 0 Å². The third-order valence-corrected chi connectivity index (χ3v) is 12.6. The molecule has 0 bridgehead atoms. The maximum absolute atomic E-state index is 13.4. The Hall–Kier alpha value is -3.61. The first-order chi connectivity index (χ1) is 20.9. The third-order valence-electron chi connectivity index (χ3n) is 8.08. The molecule has 236 valence electrons. The number of allylic oxidation sites excluding steroid dienone is 1. The van der Waals surface area contributed by atoms with Crippen molar-refractivity contribution in [2.75, 3.05) is 0 Å². The molecule has 44 heavy (non-hydrogen) atoms. The minimum atomic E-state index is -2.23. The fourth-order valence-corrected chi connectivity index (χ4v) is 5.87. The van der Waals surface area contributed by atoms with Crippen LogP contribution in [0.1, 0.15) is 75.3 Å². The Kier molecular flexibility index (Phi) is 13.0. The van der Waals surface area contributed by atoms with Crippen molar-refractivity contribution in [1.29, 1.82) is 0 Å². The van der Waals surface area contributed by atoms with Crippen molar-refractivity contribution in [3.63, 3.8) is 0 Å². The SMILES string of the molecule is C=CCC[C@H](C)OC(=O)Cc1cc(OCc2ccccc2)cc(OCc2ccccc2)c1C(CC=C)O[Si](C)(C)C(C)(C)C. The lowest BCUT2D eigenvalue weighted by molar-refractivity contribution is -0.147. The van der Waals surface area contributed by atoms with Gasteiger partial charge in [0.15, 0.2) is 8.32 Å². The van der Waals surface area contributed by atoms with E-state index in [0.717, 1.165) is 35.1 Å². The molecule has 0 aliphatic rings. The molecular weight excluding hydrogens is 564 g/mol. The molecule has 0 saturated heterocycles. The molecule has 0 amide bonds. The van der Waals surface area contributed by atoms with Crippen LogP contribution in [0.5, 0.6) is 11.5 Å². The van der Waals surface area contributed by atoms with Crippen molar-refractivity contribution in [3.05, 3.63) is 120 Å². The normalized spacial score (nSPS) is 13.0. The Morgan fingerprint density at radius 1 is 0.886 bits per heavy atom. The quantitative estimate of drug-likeness (QED) is 0.0860. The molecule has 0 aliphatic heterocycles. The highest BCUT2D eigenvalue weighted by molar-refractivity contribution is 6.74. The summed E-state index contributed by atoms with van der Waals surface area (Å²) >= 11 is 0. The van der Waals surface area contributed by atoms with Crippen LogP contribution in [0.15, 0.2) is 98.1 Å². The van der Waals surface area contributed by atoms with Gasteiger partial charge >= 0.3 is 5.97 Å². The van der Waals surface area contributed by atoms with Crippen LogP contribution in [0, 0.1) is 0 Å². The summed E-state index contributed by atoms with van der Waals surface area (Å²) in [5.74, 6) is 0.946. The van der Waals surface area contributed by atoms with Gasteiger partial charge in [-0.25, -0.2) is 0 Å². The van der Waals surface area contributed by atoms with Crippen molar-refractivity contribution in [1.82, 2.24) is 0 Å². The second-order valence-corrected chi connectivity index (χ2v) is 17.5. The maximum Gasteiger partial charge on any atom is 0.310 e. The largest absolute Gasteiger partial charge is 0.489 e. The van der Waals surface area contributed by atoms with Crippen LogP contribution in [-0.4, -0.2) is 20.4 Å². The molecule has 0 N–H and O–H groups in total. The first kappa shape index (κ1) is 34.9. The molecule has 3 aromatic carbocycles. The van der Waals surface area contributed by atoms with Crippen molar-refractivity contribution < 1.29 is 23.4 Å². The zero-order chi connectivity index (χ0) is 32.2. The summed E-state index contributed by atoms with van der Waals surface area (Å²) in [7, 11) is -2.23. The lowest BCUT2D eigenvalue weighted by atomic mass is 9.96. The molecule has 6 heteroatoms. The zero-order valence-corrected chi connectivity index (χ0v) is 28.4. The molecule has 0 spiro atoms. The Balaban J connectivity index is 2.10. The summed E-state index contributed by atoms with van der Waals surface area (Å²) in [6.45, 7) is 21.6. The van der Waals surface area contributed by atoms with Gasteiger partial charge in [0.2, 0.25) is 0 Å². The van der Waals surface area contributed by atoms with E-state index in [-0.39, 0.29) is 29.6 Å². The summed E-state index contributed by atoms with van der Waals surface area (Å²) < 4.78 is 25.7. The van der Waals surface area contributed by atoms with E-state index in [0.29, 0.717) is 31.1 Å². The number of hydrogen-bond acceptors (Lipinski definition) is 5. The molecule has 2 atom stereocenters. The Morgan fingerprint density at radius 3 is 2.02 bits per heavy atom. The predicted molar refractivity (Wildman–Crippen MR) is 183 cm³/mol. The fourth-order valence-electron chi connectivity index (χ4n) is 4.59. The van der Waals surface area contributed by atoms with E-state index in [4.69, 9.17) is 18.6 Å². The van der Waals surface area contributed by atoms with Crippen LogP contribution in [-0.2, 0) is 33.6 Å². The molecule has 1 unspecified atom stereocenters. The van der Waals surface area contributed by atoms with Gasteiger partial charge < -0.3 is 18.6 Å². The van der Waals surface area contributed by atoms with E-state index in [9.17, 15) is 4.79 Å². The van der Waals surface area contributed by atoms with Crippen LogP contribution in [0.3, 0.4) is 0 Å². The standard InChI is InChI=1S/C38H50O5Si/c1-9-11-19-29(3)42-36(39)25-32-24-33(40-27-30-20-14-12-15-21-30)26-35(41-28-31-22-16-13-17-23-31)37(32)34(18-10-2)43-44(7,8)38(4,5)6/h9-10,12-17,20-24,26,29,34H,1-2,11,18-19,25,27-28H2,3-8H3/t29-,34?/m0/s1. The fraction of sp³-hybridized carbons (Fsp3) is 0.395. The van der Waals surface area contributed by atoms with Gasteiger partial charge in [-0.15, -0.1) is 13.2 Å². The van der Waals surface area contributed by atoms with Gasteiger partial charge in [0, 0.05) is 11.6 Å². The Morgan fingerprint density at radius 2 is 1.48 bits per heavy atom. The Bertz CT molecular complexity index is 1340. The maximum atomic E-state index is 13.4. The van der Waals surface area contributed by atoms with E-state index in [1.807, 2.05) is 91.9 Å². The van der Waals surface area contributed by atoms with E-state index >= 15 is 0 Å². The van der Waals surface area contributed by atoms with E-state index in [2.05, 4.69) is 47.0 Å². The molecule has 0 aromatic heterocycles. The van der Waals surface area contributed by atoms with Crippen LogP contribution >= 0.6 is 0 Å². The molecule has 0 aliphatic carbocycles. The number of hydrogen-bond donors (Lipinski definition) is 0. The number of carbonyl (C=O) groups is 1. The summed E-state index contributed by atoms with van der Waals surface area (Å²) in [5.41, 5.74) is 3.70. The molecule has 3 aromatic rings. The van der Waals surface area contributed by atoms with Gasteiger partial charge in [0.25, 0.3) is 0 Å². The number of carbonyl (C=O) groups excluding carboxylic acids is 1. The van der Waals surface area contributed by atoms with E-state index in [1.165, 1.54) is 0 Å². The summed E-state index contributed by atoms with van der Waals surface area (Å²) in [6, 6.07) is 23.9. The minimum Gasteiger partial charge on any atom is -0.489 e. The number of esters is 1. The molecular formula is C38H50O5Si. The van der Waals surface area contributed by atoms with Crippen LogP contribution < -0.4 is 9.47 Å². The summed E-state index contributed by atoms with van der Waals surface area (Å²) in [5, 5.41) is -0.0180. The minimum absolute atomic E-state index is 0.0180. The van der Waals surface area contributed by atoms with Crippen molar-refractivity contribution in [2.24, 2.45) is 0 Å². The molecule has 0 saturated carbocycles. The second-order valence-electron chi connectivity index (χ2n) is 12.8. The molecule has 0 heterocycles. The summed E-state index contributed by atoms with van der Waals surface area (Å²) in [4.78, 5) is 13.4. The van der Waals surface area contributed by atoms with Crippen molar-refractivity contribution >= 4 is 14.3 Å². The second kappa shape index (κ2) is 16.5. The van der Waals surface area contributed by atoms with E-state index in [1.54, 1.807) is 0 Å². The van der Waals surface area contributed by atoms with Gasteiger partial charge in [-0.05, 0) is 67.1 Å². The predicted octanol–water partition coefficient (Wildman–Crippen LogP) is 9.92. The molecule has 5 nitrogen and oxygen atoms in total. The topological polar surface area (TPSA) is 54.0 Å². The highest BCUT2D eigenvalue weighted by Crippen LogP contribution is 2.44. The van der Waals surface area contributed by atoms with Gasteiger partial charge in [-0.3, -0.25) is 4.79 Å². The average Bonchev–Trinajstić information content (AvgIpc) is 2.98. The molecule has 0 fully saturated rings. The van der Waals surface area contributed by atoms with Gasteiger partial charge in [0.05, 0.1) is 18.6 Å². The first-order valence-corrected chi connectivity index (χ1v) is 18.4. The average molecular weight is 615 g/mol. The van der Waals surface area contributed by atoms with E-state index < -0.39 is 8.32 Å². The number of benzene rings is 3. The smallest absolute Gasteiger partial charge is 0.310 e. The lowest BCUT2D eigenvalue weighted by Gasteiger charge is -2.40. The zero-order valence-electron chi connectivity index (χ0n) is 27.4. The van der Waals surface area contributed by atoms with Crippen LogP contribution in [0.2, 0.25) is 18.1 Å². The highest BCUT2D eigenvalue weighted by Gasteiger charge is 2.40. The van der Waals surface area contributed by atoms with Crippen molar-refractivity contribution in [2.45, 2.75) is 96.9 Å². The van der Waals surface area contributed by atoms with Crippen LogP contribution in [0.25, 0.3) is 0 Å².